The molecule has 0 unspecified atom stereocenters. The van der Waals surface area contributed by atoms with E-state index < -0.39 is 0 Å². The molecule has 0 spiro atoms. The van der Waals surface area contributed by atoms with E-state index in [9.17, 15) is 4.79 Å². The normalized spacial score (nSPS) is 23.3. The van der Waals surface area contributed by atoms with Crippen molar-refractivity contribution in [2.75, 3.05) is 5.32 Å². The molecule has 0 saturated heterocycles. The van der Waals surface area contributed by atoms with E-state index in [2.05, 4.69) is 21.4 Å². The van der Waals surface area contributed by atoms with Crippen LogP contribution in [0.2, 0.25) is 0 Å². The highest BCUT2D eigenvalue weighted by Gasteiger charge is 2.55. The molecule has 1 aromatic carbocycles. The molecule has 4 nitrogen and oxygen atoms in total. The number of rotatable bonds is 4. The molecule has 2 aromatic heterocycles. The van der Waals surface area contributed by atoms with Crippen molar-refractivity contribution in [2.24, 2.45) is 11.3 Å². The van der Waals surface area contributed by atoms with Gasteiger partial charge in [0.2, 0.25) is 5.91 Å². The Labute approximate surface area is 165 Å². The second kappa shape index (κ2) is 7.01. The van der Waals surface area contributed by atoms with Crippen LogP contribution in [-0.2, 0) is 4.79 Å². The third-order valence-corrected chi connectivity index (χ3v) is 6.80. The maximum Gasteiger partial charge on any atom is 0.230 e. The number of fused-ring (bicyclic) bond motifs is 1. The van der Waals surface area contributed by atoms with Crippen LogP contribution in [0.4, 0.5) is 5.69 Å². The van der Waals surface area contributed by atoms with E-state index in [1.54, 1.807) is 6.20 Å². The first kappa shape index (κ1) is 17.4. The van der Waals surface area contributed by atoms with Gasteiger partial charge in [-0.3, -0.25) is 14.8 Å². The zero-order valence-electron chi connectivity index (χ0n) is 16.0. The average Bonchev–Trinajstić information content (AvgIpc) is 3.56. The largest absolute Gasteiger partial charge is 0.326 e. The lowest BCUT2D eigenvalue weighted by Gasteiger charge is -2.34. The highest BCUT2D eigenvalue weighted by Crippen LogP contribution is 2.58. The van der Waals surface area contributed by atoms with Crippen molar-refractivity contribution in [3.63, 3.8) is 0 Å². The number of aromatic nitrogens is 2. The van der Waals surface area contributed by atoms with Gasteiger partial charge in [0.25, 0.3) is 0 Å². The Morgan fingerprint density at radius 3 is 2.50 bits per heavy atom. The van der Waals surface area contributed by atoms with E-state index in [0.29, 0.717) is 11.8 Å². The van der Waals surface area contributed by atoms with Crippen LogP contribution in [0, 0.1) is 11.3 Å². The Morgan fingerprint density at radius 1 is 0.964 bits per heavy atom. The third-order valence-electron chi connectivity index (χ3n) is 6.80. The standard InChI is InChI=1S/C24H25N3O/c28-23(27-19-4-2-1-3-5-19)24(12-13-24)18-8-6-17(7-9-18)20-10-15-26-22-11-14-25-16-21(20)22/h1-5,10-11,14-18H,6-9,12-13H2,(H,27,28)/t17-,18-. The number of nitrogens with zero attached hydrogens (tertiary/aromatic N) is 2. The van der Waals surface area contributed by atoms with Crippen molar-refractivity contribution in [1.29, 1.82) is 0 Å². The lowest BCUT2D eigenvalue weighted by molar-refractivity contribution is -0.123. The molecule has 0 atom stereocenters. The number of hydrogen-bond donors (Lipinski definition) is 1. The molecular weight excluding hydrogens is 346 g/mol. The number of anilines is 1. The van der Waals surface area contributed by atoms with Crippen LogP contribution in [0.1, 0.15) is 50.0 Å². The van der Waals surface area contributed by atoms with Gasteiger partial charge in [0.15, 0.2) is 0 Å². The van der Waals surface area contributed by atoms with Gasteiger partial charge in [-0.25, -0.2) is 0 Å². The number of nitrogens with one attached hydrogen (secondary N) is 1. The molecule has 2 fully saturated rings. The molecule has 2 saturated carbocycles. The molecule has 1 N–H and O–H groups in total. The fourth-order valence-electron chi connectivity index (χ4n) is 5.06. The molecule has 1 amide bonds. The summed E-state index contributed by atoms with van der Waals surface area (Å²) >= 11 is 0. The number of hydrogen-bond acceptors (Lipinski definition) is 3. The van der Waals surface area contributed by atoms with Gasteiger partial charge in [-0.1, -0.05) is 18.2 Å². The van der Waals surface area contributed by atoms with Crippen LogP contribution in [0.3, 0.4) is 0 Å². The molecule has 28 heavy (non-hydrogen) atoms. The first-order chi connectivity index (χ1) is 13.8. The molecule has 0 aliphatic heterocycles. The van der Waals surface area contributed by atoms with E-state index >= 15 is 0 Å². The van der Waals surface area contributed by atoms with Gasteiger partial charge in [0.05, 0.1) is 10.9 Å². The van der Waals surface area contributed by atoms with Gasteiger partial charge in [0, 0.05) is 29.7 Å². The number of para-hydroxylation sites is 1. The van der Waals surface area contributed by atoms with E-state index in [1.165, 1.54) is 10.9 Å². The minimum atomic E-state index is -0.136. The smallest absolute Gasteiger partial charge is 0.230 e. The fraction of sp³-hybridized carbons (Fsp3) is 0.375. The zero-order valence-corrected chi connectivity index (χ0v) is 16.0. The Balaban J connectivity index is 1.29. The lowest BCUT2D eigenvalue weighted by Crippen LogP contribution is -2.33. The molecule has 5 rings (SSSR count). The number of carbonyl (C=O) groups is 1. The van der Waals surface area contributed by atoms with E-state index in [4.69, 9.17) is 0 Å². The van der Waals surface area contributed by atoms with Crippen molar-refractivity contribution in [1.82, 2.24) is 9.97 Å². The molecular formula is C24H25N3O. The average molecular weight is 371 g/mol. The first-order valence-electron chi connectivity index (χ1n) is 10.3. The summed E-state index contributed by atoms with van der Waals surface area (Å²) in [6, 6.07) is 14.0. The molecule has 2 heterocycles. The maximum atomic E-state index is 13.0. The summed E-state index contributed by atoms with van der Waals surface area (Å²) in [6.07, 6.45) is 12.2. The molecule has 142 valence electrons. The SMILES string of the molecule is O=C(Nc1ccccc1)C1([C@H]2CC[C@H](c3ccnc4ccncc43)CC2)CC1. The Morgan fingerprint density at radius 2 is 1.75 bits per heavy atom. The van der Waals surface area contributed by atoms with Gasteiger partial charge in [-0.2, -0.15) is 0 Å². The van der Waals surface area contributed by atoms with Crippen molar-refractivity contribution in [3.05, 3.63) is 66.6 Å². The number of pyridine rings is 2. The summed E-state index contributed by atoms with van der Waals surface area (Å²) in [5.41, 5.74) is 3.16. The number of amides is 1. The predicted molar refractivity (Wildman–Crippen MR) is 111 cm³/mol. The second-order valence-electron chi connectivity index (χ2n) is 8.32. The quantitative estimate of drug-likeness (QED) is 0.675. The lowest BCUT2D eigenvalue weighted by atomic mass is 9.71. The molecule has 2 aliphatic carbocycles. The monoisotopic (exact) mass is 371 g/mol. The zero-order chi connectivity index (χ0) is 19.0. The van der Waals surface area contributed by atoms with Crippen LogP contribution in [0.25, 0.3) is 10.9 Å². The van der Waals surface area contributed by atoms with Crippen molar-refractivity contribution >= 4 is 22.5 Å². The highest BCUT2D eigenvalue weighted by molar-refractivity contribution is 5.97. The van der Waals surface area contributed by atoms with E-state index in [0.717, 1.165) is 49.7 Å². The topological polar surface area (TPSA) is 54.9 Å². The van der Waals surface area contributed by atoms with Crippen LogP contribution < -0.4 is 5.32 Å². The van der Waals surface area contributed by atoms with Crippen LogP contribution in [0.15, 0.2) is 61.1 Å². The summed E-state index contributed by atoms with van der Waals surface area (Å²) < 4.78 is 0. The number of carbonyl (C=O) groups excluding carboxylic acids is 1. The van der Waals surface area contributed by atoms with Crippen LogP contribution >= 0.6 is 0 Å². The minimum Gasteiger partial charge on any atom is -0.326 e. The maximum absolute atomic E-state index is 13.0. The van der Waals surface area contributed by atoms with Gasteiger partial charge < -0.3 is 5.32 Å². The van der Waals surface area contributed by atoms with Crippen molar-refractivity contribution in [3.8, 4) is 0 Å². The predicted octanol–water partition coefficient (Wildman–Crippen LogP) is 5.32. The first-order valence-corrected chi connectivity index (χ1v) is 10.3. The van der Waals surface area contributed by atoms with Crippen LogP contribution in [0.5, 0.6) is 0 Å². The van der Waals surface area contributed by atoms with Gasteiger partial charge >= 0.3 is 0 Å². The summed E-state index contributed by atoms with van der Waals surface area (Å²) in [4.78, 5) is 21.8. The summed E-state index contributed by atoms with van der Waals surface area (Å²) in [5, 5.41) is 4.33. The van der Waals surface area contributed by atoms with E-state index in [1.807, 2.05) is 48.8 Å². The minimum absolute atomic E-state index is 0.136. The molecule has 2 aliphatic rings. The van der Waals surface area contributed by atoms with Gasteiger partial charge in [-0.15, -0.1) is 0 Å². The highest BCUT2D eigenvalue weighted by atomic mass is 16.2. The van der Waals surface area contributed by atoms with Gasteiger partial charge in [0.1, 0.15) is 0 Å². The number of benzene rings is 1. The van der Waals surface area contributed by atoms with E-state index in [-0.39, 0.29) is 11.3 Å². The van der Waals surface area contributed by atoms with Crippen molar-refractivity contribution in [2.45, 2.75) is 44.4 Å². The fourth-order valence-corrected chi connectivity index (χ4v) is 5.06. The second-order valence-corrected chi connectivity index (χ2v) is 8.32. The van der Waals surface area contributed by atoms with Crippen molar-refractivity contribution < 1.29 is 4.79 Å². The summed E-state index contributed by atoms with van der Waals surface area (Å²) in [7, 11) is 0. The Kier molecular flexibility index (Phi) is 4.34. The van der Waals surface area contributed by atoms with Gasteiger partial charge in [-0.05, 0) is 80.2 Å². The summed E-state index contributed by atoms with van der Waals surface area (Å²) in [6.45, 7) is 0. The Bertz CT molecular complexity index is 984. The third kappa shape index (κ3) is 3.07. The molecule has 0 bridgehead atoms. The molecule has 0 radical (unpaired) electrons. The molecule has 4 heteroatoms. The summed E-state index contributed by atoms with van der Waals surface area (Å²) in [5.74, 6) is 1.26. The Hall–Kier alpha value is -2.75. The molecule has 3 aromatic rings. The van der Waals surface area contributed by atoms with Crippen LogP contribution in [-0.4, -0.2) is 15.9 Å².